The van der Waals surface area contributed by atoms with Gasteiger partial charge in [0.25, 0.3) is 0 Å². The molecule has 142 valence electrons. The van der Waals surface area contributed by atoms with E-state index in [1.54, 1.807) is 22.0 Å². The molecule has 1 aromatic carbocycles. The minimum Gasteiger partial charge on any atom is -0.383 e. The molecule has 1 saturated heterocycles. The zero-order chi connectivity index (χ0) is 19.5. The Balaban J connectivity index is 1.44. The summed E-state index contributed by atoms with van der Waals surface area (Å²) in [6.45, 7) is 0.982. The standard InChI is InChI=1S/C21H21N5O2/c22-21-18(13-24-26(21)17-6-2-1-3-7-17)20(28)16-8-10-25(14-16)19(27)11-15-5-4-9-23-12-15/h1-7,9,12-13,16H,8,10-11,14,22H2/t16-/m0/s1. The first-order valence-electron chi connectivity index (χ1n) is 9.23. The molecule has 28 heavy (non-hydrogen) atoms. The van der Waals surface area contributed by atoms with E-state index in [0.717, 1.165) is 11.3 Å². The van der Waals surface area contributed by atoms with Gasteiger partial charge in [0.1, 0.15) is 5.82 Å². The second-order valence-corrected chi connectivity index (χ2v) is 6.92. The lowest BCUT2D eigenvalue weighted by Gasteiger charge is -2.16. The number of hydrogen-bond donors (Lipinski definition) is 1. The molecule has 0 bridgehead atoms. The third-order valence-corrected chi connectivity index (χ3v) is 5.06. The monoisotopic (exact) mass is 375 g/mol. The third-order valence-electron chi connectivity index (χ3n) is 5.06. The first-order chi connectivity index (χ1) is 13.6. The fourth-order valence-electron chi connectivity index (χ4n) is 3.53. The van der Waals surface area contributed by atoms with E-state index in [0.29, 0.717) is 37.3 Å². The summed E-state index contributed by atoms with van der Waals surface area (Å²) in [5, 5.41) is 4.27. The van der Waals surface area contributed by atoms with Gasteiger partial charge in [0.2, 0.25) is 5.91 Å². The van der Waals surface area contributed by atoms with Crippen LogP contribution in [-0.4, -0.2) is 44.4 Å². The van der Waals surface area contributed by atoms with Gasteiger partial charge in [0.15, 0.2) is 5.78 Å². The fraction of sp³-hybridized carbons (Fsp3) is 0.238. The number of benzene rings is 1. The van der Waals surface area contributed by atoms with E-state index in [4.69, 9.17) is 5.73 Å². The van der Waals surface area contributed by atoms with Crippen molar-refractivity contribution < 1.29 is 9.59 Å². The average Bonchev–Trinajstić information content (AvgIpc) is 3.36. The van der Waals surface area contributed by atoms with Crippen LogP contribution in [0.25, 0.3) is 5.69 Å². The molecule has 1 atom stereocenters. The van der Waals surface area contributed by atoms with Crippen molar-refractivity contribution in [3.63, 3.8) is 0 Å². The molecule has 7 nitrogen and oxygen atoms in total. The number of amides is 1. The molecular formula is C21H21N5O2. The van der Waals surface area contributed by atoms with Crippen LogP contribution in [0.15, 0.2) is 61.1 Å². The summed E-state index contributed by atoms with van der Waals surface area (Å²) in [7, 11) is 0. The first-order valence-corrected chi connectivity index (χ1v) is 9.23. The number of ketones is 1. The Morgan fingerprint density at radius 2 is 1.93 bits per heavy atom. The molecule has 1 amide bonds. The van der Waals surface area contributed by atoms with Crippen LogP contribution < -0.4 is 5.73 Å². The first kappa shape index (κ1) is 17.9. The number of rotatable bonds is 5. The van der Waals surface area contributed by atoms with Gasteiger partial charge >= 0.3 is 0 Å². The lowest BCUT2D eigenvalue weighted by molar-refractivity contribution is -0.129. The normalized spacial score (nSPS) is 16.3. The second kappa shape index (κ2) is 7.64. The van der Waals surface area contributed by atoms with Crippen molar-refractivity contribution in [1.82, 2.24) is 19.7 Å². The van der Waals surface area contributed by atoms with Crippen LogP contribution >= 0.6 is 0 Å². The maximum absolute atomic E-state index is 13.0. The highest BCUT2D eigenvalue weighted by Crippen LogP contribution is 2.25. The Morgan fingerprint density at radius 3 is 2.68 bits per heavy atom. The summed E-state index contributed by atoms with van der Waals surface area (Å²) in [6.07, 6.45) is 5.81. The third kappa shape index (κ3) is 3.51. The molecule has 1 aliphatic heterocycles. The molecule has 1 fully saturated rings. The molecule has 0 aliphatic carbocycles. The van der Waals surface area contributed by atoms with E-state index >= 15 is 0 Å². The van der Waals surface area contributed by atoms with Crippen LogP contribution in [-0.2, 0) is 11.2 Å². The van der Waals surface area contributed by atoms with E-state index < -0.39 is 0 Å². The molecule has 0 saturated carbocycles. The van der Waals surface area contributed by atoms with Gasteiger partial charge in [-0.2, -0.15) is 5.10 Å². The predicted molar refractivity (Wildman–Crippen MR) is 105 cm³/mol. The quantitative estimate of drug-likeness (QED) is 0.690. The Hall–Kier alpha value is -3.48. The number of hydrogen-bond acceptors (Lipinski definition) is 5. The molecule has 0 unspecified atom stereocenters. The SMILES string of the molecule is Nc1c(C(=O)[C@H]2CCN(C(=O)Cc3cccnc3)C2)cnn1-c1ccccc1. The second-order valence-electron chi connectivity index (χ2n) is 6.92. The minimum atomic E-state index is -0.256. The van der Waals surface area contributed by atoms with E-state index in [-0.39, 0.29) is 17.6 Å². The Kier molecular flexibility index (Phi) is 4.89. The Bertz CT molecular complexity index is 985. The molecule has 2 N–H and O–H groups in total. The van der Waals surface area contributed by atoms with E-state index in [9.17, 15) is 9.59 Å². The lowest BCUT2D eigenvalue weighted by atomic mass is 9.98. The van der Waals surface area contributed by atoms with Crippen LogP contribution in [0.5, 0.6) is 0 Å². The van der Waals surface area contributed by atoms with Gasteiger partial charge in [-0.05, 0) is 30.2 Å². The Labute approximate surface area is 162 Å². The molecule has 0 radical (unpaired) electrons. The van der Waals surface area contributed by atoms with Gasteiger partial charge in [-0.25, -0.2) is 4.68 Å². The number of nitrogens with two attached hydrogens (primary N) is 1. The van der Waals surface area contributed by atoms with E-state index in [1.165, 1.54) is 6.20 Å². The number of anilines is 1. The summed E-state index contributed by atoms with van der Waals surface area (Å²) in [5.41, 5.74) is 8.28. The molecule has 7 heteroatoms. The van der Waals surface area contributed by atoms with Crippen molar-refractivity contribution >= 4 is 17.5 Å². The highest BCUT2D eigenvalue weighted by atomic mass is 16.2. The van der Waals surface area contributed by atoms with Gasteiger partial charge < -0.3 is 10.6 Å². The van der Waals surface area contributed by atoms with E-state index in [1.807, 2.05) is 42.5 Å². The van der Waals surface area contributed by atoms with Crippen LogP contribution in [0, 0.1) is 5.92 Å². The van der Waals surface area contributed by atoms with Crippen molar-refractivity contribution in [2.24, 2.45) is 5.92 Å². The molecule has 0 spiro atoms. The van der Waals surface area contributed by atoms with Gasteiger partial charge in [0, 0.05) is 31.4 Å². The number of likely N-dealkylation sites (tertiary alicyclic amines) is 1. The zero-order valence-corrected chi connectivity index (χ0v) is 15.4. The van der Waals surface area contributed by atoms with Crippen LogP contribution in [0.4, 0.5) is 5.82 Å². The predicted octanol–water partition coefficient (Wildman–Crippen LogP) is 2.12. The number of carbonyl (C=O) groups is 2. The number of nitrogen functional groups attached to an aromatic ring is 1. The van der Waals surface area contributed by atoms with Crippen molar-refractivity contribution in [2.75, 3.05) is 18.8 Å². The highest BCUT2D eigenvalue weighted by Gasteiger charge is 2.33. The summed E-state index contributed by atoms with van der Waals surface area (Å²) in [6, 6.07) is 13.1. The van der Waals surface area contributed by atoms with Crippen molar-refractivity contribution in [3.05, 3.63) is 72.2 Å². The number of Topliss-reactive ketones (excluding diaryl/α,β-unsaturated/α-hetero) is 1. The van der Waals surface area contributed by atoms with Crippen LogP contribution in [0.3, 0.4) is 0 Å². The number of pyridine rings is 1. The fourth-order valence-corrected chi connectivity index (χ4v) is 3.53. The number of nitrogens with zero attached hydrogens (tertiary/aromatic N) is 4. The smallest absolute Gasteiger partial charge is 0.227 e. The topological polar surface area (TPSA) is 94.1 Å². The minimum absolute atomic E-state index is 0.0104. The van der Waals surface area contributed by atoms with Crippen molar-refractivity contribution in [1.29, 1.82) is 0 Å². The highest BCUT2D eigenvalue weighted by molar-refractivity contribution is 6.02. The molecule has 2 aromatic heterocycles. The summed E-state index contributed by atoms with van der Waals surface area (Å²) >= 11 is 0. The molecule has 3 heterocycles. The Morgan fingerprint density at radius 1 is 1.11 bits per heavy atom. The number of carbonyl (C=O) groups excluding carboxylic acids is 2. The number of para-hydroxylation sites is 1. The number of aromatic nitrogens is 3. The van der Waals surface area contributed by atoms with Gasteiger partial charge in [0.05, 0.1) is 23.9 Å². The zero-order valence-electron chi connectivity index (χ0n) is 15.4. The summed E-state index contributed by atoms with van der Waals surface area (Å²) < 4.78 is 1.56. The molecular weight excluding hydrogens is 354 g/mol. The van der Waals surface area contributed by atoms with Crippen LogP contribution in [0.2, 0.25) is 0 Å². The molecule has 3 aromatic rings. The van der Waals surface area contributed by atoms with Gasteiger partial charge in [-0.1, -0.05) is 24.3 Å². The van der Waals surface area contributed by atoms with Crippen LogP contribution in [0.1, 0.15) is 22.3 Å². The van der Waals surface area contributed by atoms with Crippen molar-refractivity contribution in [3.8, 4) is 5.69 Å². The maximum atomic E-state index is 13.0. The lowest BCUT2D eigenvalue weighted by Crippen LogP contribution is -2.31. The van der Waals surface area contributed by atoms with Crippen molar-refractivity contribution in [2.45, 2.75) is 12.8 Å². The maximum Gasteiger partial charge on any atom is 0.227 e. The van der Waals surface area contributed by atoms with E-state index in [2.05, 4.69) is 10.1 Å². The molecule has 1 aliphatic rings. The molecule has 4 rings (SSSR count). The summed E-state index contributed by atoms with van der Waals surface area (Å²) in [4.78, 5) is 31.3. The van der Waals surface area contributed by atoms with Gasteiger partial charge in [-0.15, -0.1) is 0 Å². The average molecular weight is 375 g/mol. The largest absolute Gasteiger partial charge is 0.383 e. The summed E-state index contributed by atoms with van der Waals surface area (Å²) in [5.74, 6) is 0.0255. The van der Waals surface area contributed by atoms with Gasteiger partial charge in [-0.3, -0.25) is 14.6 Å².